The third-order valence-electron chi connectivity index (χ3n) is 4.38. The van der Waals surface area contributed by atoms with Crippen LogP contribution >= 0.6 is 0 Å². The van der Waals surface area contributed by atoms with E-state index < -0.39 is 0 Å². The Morgan fingerprint density at radius 1 is 1.35 bits per heavy atom. The molecule has 0 bridgehead atoms. The maximum absolute atomic E-state index is 9.17. The Hall–Kier alpha value is -1.73. The summed E-state index contributed by atoms with van der Waals surface area (Å²) >= 11 is 0. The smallest absolute Gasteiger partial charge is 0.137 e. The second-order valence-electron chi connectivity index (χ2n) is 5.84. The molecule has 106 valence electrons. The summed E-state index contributed by atoms with van der Waals surface area (Å²) in [5, 5.41) is 9.17. The number of anilines is 1. The third kappa shape index (κ3) is 2.59. The SMILES string of the molecule is N#Cc1cc(N)ccc1OC1CCOC2(CCCC2)C1. The number of rotatable bonds is 2. The molecule has 2 fully saturated rings. The molecule has 3 rings (SSSR count). The van der Waals surface area contributed by atoms with E-state index in [0.29, 0.717) is 17.0 Å². The highest BCUT2D eigenvalue weighted by Gasteiger charge is 2.40. The van der Waals surface area contributed by atoms with E-state index in [9.17, 15) is 0 Å². The zero-order valence-corrected chi connectivity index (χ0v) is 11.6. The van der Waals surface area contributed by atoms with Crippen LogP contribution in [-0.2, 0) is 4.74 Å². The van der Waals surface area contributed by atoms with Gasteiger partial charge in [-0.05, 0) is 31.0 Å². The molecule has 0 amide bonds. The van der Waals surface area contributed by atoms with Gasteiger partial charge in [0, 0.05) is 18.5 Å². The lowest BCUT2D eigenvalue weighted by atomic mass is 9.90. The maximum Gasteiger partial charge on any atom is 0.137 e. The highest BCUT2D eigenvalue weighted by Crippen LogP contribution is 2.41. The predicted molar refractivity (Wildman–Crippen MR) is 76.4 cm³/mol. The van der Waals surface area contributed by atoms with Gasteiger partial charge >= 0.3 is 0 Å². The third-order valence-corrected chi connectivity index (χ3v) is 4.38. The molecule has 1 saturated carbocycles. The van der Waals surface area contributed by atoms with Crippen LogP contribution in [0.4, 0.5) is 5.69 Å². The van der Waals surface area contributed by atoms with Gasteiger partial charge in [0.25, 0.3) is 0 Å². The van der Waals surface area contributed by atoms with Crippen LogP contribution in [-0.4, -0.2) is 18.3 Å². The molecule has 20 heavy (non-hydrogen) atoms. The summed E-state index contributed by atoms with van der Waals surface area (Å²) in [6.07, 6.45) is 6.73. The molecule has 1 heterocycles. The van der Waals surface area contributed by atoms with E-state index in [1.807, 2.05) is 0 Å². The number of nitrogens with zero attached hydrogens (tertiary/aromatic N) is 1. The molecule has 1 atom stereocenters. The highest BCUT2D eigenvalue weighted by molar-refractivity contribution is 5.53. The van der Waals surface area contributed by atoms with Gasteiger partial charge < -0.3 is 15.2 Å². The Labute approximate surface area is 119 Å². The molecule has 1 unspecified atom stereocenters. The largest absolute Gasteiger partial charge is 0.489 e. The average Bonchev–Trinajstić information content (AvgIpc) is 2.89. The minimum Gasteiger partial charge on any atom is -0.489 e. The van der Waals surface area contributed by atoms with Crippen molar-refractivity contribution < 1.29 is 9.47 Å². The lowest BCUT2D eigenvalue weighted by Gasteiger charge is -2.38. The molecule has 1 aliphatic carbocycles. The van der Waals surface area contributed by atoms with Crippen molar-refractivity contribution in [1.82, 2.24) is 0 Å². The van der Waals surface area contributed by atoms with Gasteiger partial charge in [-0.15, -0.1) is 0 Å². The van der Waals surface area contributed by atoms with Crippen LogP contribution in [0.3, 0.4) is 0 Å². The number of nitriles is 1. The second-order valence-corrected chi connectivity index (χ2v) is 5.84. The van der Waals surface area contributed by atoms with Crippen molar-refractivity contribution in [3.8, 4) is 11.8 Å². The lowest BCUT2D eigenvalue weighted by molar-refractivity contribution is -0.108. The summed E-state index contributed by atoms with van der Waals surface area (Å²) in [7, 11) is 0. The predicted octanol–water partition coefficient (Wildman–Crippen LogP) is 3.01. The van der Waals surface area contributed by atoms with Crippen LogP contribution in [0.1, 0.15) is 44.1 Å². The molecule has 1 aromatic rings. The van der Waals surface area contributed by atoms with Crippen LogP contribution in [0.2, 0.25) is 0 Å². The first-order valence-corrected chi connectivity index (χ1v) is 7.31. The molecule has 0 radical (unpaired) electrons. The minimum atomic E-state index is 0.0313. The summed E-state index contributed by atoms with van der Waals surface area (Å²) in [6, 6.07) is 7.39. The Balaban J connectivity index is 1.73. The van der Waals surface area contributed by atoms with E-state index in [1.165, 1.54) is 12.8 Å². The van der Waals surface area contributed by atoms with Crippen LogP contribution in [0, 0.1) is 11.3 Å². The summed E-state index contributed by atoms with van der Waals surface area (Å²) in [5.41, 5.74) is 6.84. The number of nitrogen functional groups attached to an aromatic ring is 1. The molecule has 1 aliphatic heterocycles. The summed E-state index contributed by atoms with van der Waals surface area (Å²) in [5.74, 6) is 0.641. The monoisotopic (exact) mass is 272 g/mol. The summed E-state index contributed by atoms with van der Waals surface area (Å²) < 4.78 is 12.1. The molecular formula is C16H20N2O2. The van der Waals surface area contributed by atoms with Gasteiger partial charge in [-0.25, -0.2) is 0 Å². The van der Waals surface area contributed by atoms with Gasteiger partial charge in [0.05, 0.1) is 17.8 Å². The van der Waals surface area contributed by atoms with Crippen molar-refractivity contribution >= 4 is 5.69 Å². The number of hydrogen-bond acceptors (Lipinski definition) is 4. The first-order chi connectivity index (χ1) is 9.71. The van der Waals surface area contributed by atoms with Gasteiger partial charge in [-0.3, -0.25) is 0 Å². The van der Waals surface area contributed by atoms with Crippen molar-refractivity contribution in [2.24, 2.45) is 0 Å². The standard InChI is InChI=1S/C16H20N2O2/c17-11-12-9-13(18)3-4-15(12)20-14-5-8-19-16(10-14)6-1-2-7-16/h3-4,9,14H,1-2,5-8,10,18H2. The number of ether oxygens (including phenoxy) is 2. The summed E-state index contributed by atoms with van der Waals surface area (Å²) in [6.45, 7) is 0.752. The van der Waals surface area contributed by atoms with Crippen molar-refractivity contribution in [2.45, 2.75) is 50.2 Å². The fraction of sp³-hybridized carbons (Fsp3) is 0.562. The summed E-state index contributed by atoms with van der Waals surface area (Å²) in [4.78, 5) is 0. The molecule has 0 aromatic heterocycles. The molecule has 4 heteroatoms. The average molecular weight is 272 g/mol. The van der Waals surface area contributed by atoms with E-state index in [4.69, 9.17) is 20.5 Å². The van der Waals surface area contributed by atoms with Gasteiger partial charge in [-0.1, -0.05) is 12.8 Å². The normalized spacial score (nSPS) is 24.4. The van der Waals surface area contributed by atoms with Crippen LogP contribution in [0.5, 0.6) is 5.75 Å². The van der Waals surface area contributed by atoms with Crippen molar-refractivity contribution in [3.05, 3.63) is 23.8 Å². The van der Waals surface area contributed by atoms with Gasteiger partial charge in [0.15, 0.2) is 0 Å². The van der Waals surface area contributed by atoms with Crippen LogP contribution < -0.4 is 10.5 Å². The Kier molecular flexibility index (Phi) is 3.54. The molecule has 1 spiro atoms. The maximum atomic E-state index is 9.17. The molecule has 4 nitrogen and oxygen atoms in total. The second kappa shape index (κ2) is 5.34. The van der Waals surface area contributed by atoms with Crippen LogP contribution in [0.15, 0.2) is 18.2 Å². The Morgan fingerprint density at radius 2 is 2.15 bits per heavy atom. The van der Waals surface area contributed by atoms with Gasteiger partial charge in [0.1, 0.15) is 17.9 Å². The number of hydrogen-bond donors (Lipinski definition) is 1. The van der Waals surface area contributed by atoms with Crippen molar-refractivity contribution in [2.75, 3.05) is 12.3 Å². The lowest BCUT2D eigenvalue weighted by Crippen LogP contribution is -2.41. The van der Waals surface area contributed by atoms with E-state index in [0.717, 1.165) is 32.3 Å². The fourth-order valence-corrected chi connectivity index (χ4v) is 3.37. The molecule has 2 aliphatic rings. The number of nitrogens with two attached hydrogens (primary N) is 1. The topological polar surface area (TPSA) is 68.3 Å². The molecular weight excluding hydrogens is 252 g/mol. The van der Waals surface area contributed by atoms with E-state index in [1.54, 1.807) is 18.2 Å². The van der Waals surface area contributed by atoms with Crippen molar-refractivity contribution in [3.63, 3.8) is 0 Å². The van der Waals surface area contributed by atoms with Crippen molar-refractivity contribution in [1.29, 1.82) is 5.26 Å². The van der Waals surface area contributed by atoms with E-state index in [-0.39, 0.29) is 11.7 Å². The number of benzene rings is 1. The van der Waals surface area contributed by atoms with Gasteiger partial charge in [-0.2, -0.15) is 5.26 Å². The van der Waals surface area contributed by atoms with Gasteiger partial charge in [0.2, 0.25) is 0 Å². The zero-order chi connectivity index (χ0) is 14.0. The first-order valence-electron chi connectivity index (χ1n) is 7.31. The molecule has 2 N–H and O–H groups in total. The molecule has 1 saturated heterocycles. The Bertz CT molecular complexity index is 530. The quantitative estimate of drug-likeness (QED) is 0.840. The minimum absolute atomic E-state index is 0.0313. The fourth-order valence-electron chi connectivity index (χ4n) is 3.37. The van der Waals surface area contributed by atoms with Crippen LogP contribution in [0.25, 0.3) is 0 Å². The molecule has 1 aromatic carbocycles. The first kappa shape index (κ1) is 13.3. The Morgan fingerprint density at radius 3 is 2.90 bits per heavy atom. The zero-order valence-electron chi connectivity index (χ0n) is 11.6. The van der Waals surface area contributed by atoms with E-state index >= 15 is 0 Å². The van der Waals surface area contributed by atoms with E-state index in [2.05, 4.69) is 6.07 Å². The highest BCUT2D eigenvalue weighted by atomic mass is 16.5.